The van der Waals surface area contributed by atoms with Crippen LogP contribution in [-0.2, 0) is 11.3 Å². The summed E-state index contributed by atoms with van der Waals surface area (Å²) in [5.74, 6) is 1.91. The van der Waals surface area contributed by atoms with Crippen molar-refractivity contribution >= 4 is 23.8 Å². The summed E-state index contributed by atoms with van der Waals surface area (Å²) in [6.07, 6.45) is 1.51. The molecule has 0 bridgehead atoms. The van der Waals surface area contributed by atoms with Gasteiger partial charge >= 0.3 is 5.97 Å². The second-order valence-corrected chi connectivity index (χ2v) is 8.04. The number of aromatic nitrogens is 3. The van der Waals surface area contributed by atoms with Gasteiger partial charge in [0, 0.05) is 18.2 Å². The Bertz CT molecular complexity index is 1190. The lowest BCUT2D eigenvalue weighted by molar-refractivity contribution is -0.131. The second-order valence-electron chi connectivity index (χ2n) is 7.03. The van der Waals surface area contributed by atoms with Crippen LogP contribution in [0.25, 0.3) is 17.5 Å². The number of carboxylic acid groups (broad SMARTS) is 1. The molecule has 10 nitrogen and oxygen atoms in total. The summed E-state index contributed by atoms with van der Waals surface area (Å²) in [5, 5.41) is 18.9. The Kier molecular flexibility index (Phi) is 8.48. The fraction of sp³-hybridized carbons (Fsp3) is 0.292. The fourth-order valence-corrected chi connectivity index (χ4v) is 4.26. The maximum atomic E-state index is 12.1. The van der Waals surface area contributed by atoms with Crippen LogP contribution in [0, 0.1) is 0 Å². The number of methoxy groups -OCH3 is 5. The number of ether oxygens (including phenoxy) is 5. The Labute approximate surface area is 207 Å². The van der Waals surface area contributed by atoms with Gasteiger partial charge in [0.2, 0.25) is 5.75 Å². The third-order valence-corrected chi connectivity index (χ3v) is 6.04. The highest BCUT2D eigenvalue weighted by Gasteiger charge is 2.20. The lowest BCUT2D eigenvalue weighted by atomic mass is 10.1. The standard InChI is InChI=1S/C24H27N3O7S/c1-7-27-22(15-11-16(30-2)13-17(12-15)31-3)25-26-24(27)35-20(23(28)29)10-14-8-18(32-4)21(34-6)19(9-14)33-5/h8-13H,7H2,1-6H3,(H,28,29)/b20-10-. The maximum Gasteiger partial charge on any atom is 0.342 e. The van der Waals surface area contributed by atoms with Gasteiger partial charge in [-0.2, -0.15) is 0 Å². The Morgan fingerprint density at radius 2 is 1.51 bits per heavy atom. The second kappa shape index (κ2) is 11.5. The van der Waals surface area contributed by atoms with Gasteiger partial charge in [-0.05, 0) is 54.6 Å². The minimum atomic E-state index is -1.11. The molecule has 11 heteroatoms. The predicted molar refractivity (Wildman–Crippen MR) is 132 cm³/mol. The van der Waals surface area contributed by atoms with Gasteiger partial charge < -0.3 is 33.4 Å². The third-order valence-electron chi connectivity index (χ3n) is 5.04. The van der Waals surface area contributed by atoms with Crippen LogP contribution in [0.1, 0.15) is 12.5 Å². The van der Waals surface area contributed by atoms with Crippen LogP contribution in [0.2, 0.25) is 0 Å². The van der Waals surface area contributed by atoms with Gasteiger partial charge in [0.05, 0.1) is 35.5 Å². The lowest BCUT2D eigenvalue weighted by Crippen LogP contribution is -2.03. The Morgan fingerprint density at radius 3 is 1.97 bits per heavy atom. The first-order valence-corrected chi connectivity index (χ1v) is 11.3. The molecule has 1 N–H and O–H groups in total. The van der Waals surface area contributed by atoms with Crippen LogP contribution in [0.4, 0.5) is 0 Å². The monoisotopic (exact) mass is 501 g/mol. The molecule has 1 aromatic heterocycles. The number of hydrogen-bond donors (Lipinski definition) is 1. The number of carbonyl (C=O) groups is 1. The van der Waals surface area contributed by atoms with E-state index >= 15 is 0 Å². The molecule has 3 aromatic rings. The summed E-state index contributed by atoms with van der Waals surface area (Å²) in [7, 11) is 7.63. The molecule has 0 amide bonds. The topological polar surface area (TPSA) is 114 Å². The number of carboxylic acids is 1. The number of nitrogens with zero attached hydrogens (tertiary/aromatic N) is 3. The van der Waals surface area contributed by atoms with Gasteiger partial charge in [-0.3, -0.25) is 0 Å². The summed E-state index contributed by atoms with van der Waals surface area (Å²) in [6, 6.07) is 8.73. The number of rotatable bonds is 11. The molecular weight excluding hydrogens is 474 g/mol. The molecule has 186 valence electrons. The molecule has 0 fully saturated rings. The molecular formula is C24H27N3O7S. The lowest BCUT2D eigenvalue weighted by Gasteiger charge is -2.13. The van der Waals surface area contributed by atoms with E-state index in [0.717, 1.165) is 17.3 Å². The van der Waals surface area contributed by atoms with E-state index in [1.54, 1.807) is 32.4 Å². The first kappa shape index (κ1) is 25.8. The maximum absolute atomic E-state index is 12.1. The fourth-order valence-electron chi connectivity index (χ4n) is 3.37. The molecule has 1 heterocycles. The van der Waals surface area contributed by atoms with Crippen LogP contribution in [-0.4, -0.2) is 61.4 Å². The van der Waals surface area contributed by atoms with E-state index in [0.29, 0.717) is 51.8 Å². The first-order valence-electron chi connectivity index (χ1n) is 10.5. The van der Waals surface area contributed by atoms with Gasteiger partial charge in [-0.15, -0.1) is 10.2 Å². The van der Waals surface area contributed by atoms with Gasteiger partial charge in [0.15, 0.2) is 22.5 Å². The Hall–Kier alpha value is -3.86. The zero-order valence-electron chi connectivity index (χ0n) is 20.3. The Morgan fingerprint density at radius 1 is 0.914 bits per heavy atom. The number of benzene rings is 2. The molecule has 0 spiro atoms. The summed E-state index contributed by atoms with van der Waals surface area (Å²) in [6.45, 7) is 2.44. The summed E-state index contributed by atoms with van der Waals surface area (Å²) in [5.41, 5.74) is 1.29. The van der Waals surface area contributed by atoms with Crippen molar-refractivity contribution in [2.45, 2.75) is 18.6 Å². The van der Waals surface area contributed by atoms with E-state index in [1.807, 2.05) is 23.6 Å². The zero-order valence-corrected chi connectivity index (χ0v) is 21.1. The zero-order chi connectivity index (χ0) is 25.5. The van der Waals surface area contributed by atoms with Crippen molar-refractivity contribution in [2.75, 3.05) is 35.5 Å². The van der Waals surface area contributed by atoms with Gasteiger partial charge in [-0.1, -0.05) is 0 Å². The van der Waals surface area contributed by atoms with E-state index in [2.05, 4.69) is 10.2 Å². The van der Waals surface area contributed by atoms with Crippen molar-refractivity contribution in [3.63, 3.8) is 0 Å². The molecule has 2 aromatic carbocycles. The van der Waals surface area contributed by atoms with Crippen molar-refractivity contribution in [2.24, 2.45) is 0 Å². The third kappa shape index (κ3) is 5.62. The molecule has 0 saturated heterocycles. The van der Waals surface area contributed by atoms with E-state index in [9.17, 15) is 9.90 Å². The van der Waals surface area contributed by atoms with Crippen LogP contribution in [0.15, 0.2) is 40.4 Å². The van der Waals surface area contributed by atoms with Crippen molar-refractivity contribution in [3.05, 3.63) is 40.8 Å². The molecule has 0 saturated carbocycles. The van der Waals surface area contributed by atoms with Crippen LogP contribution in [0.5, 0.6) is 28.7 Å². The summed E-state index contributed by atoms with van der Waals surface area (Å²) in [4.78, 5) is 12.2. The molecule has 0 radical (unpaired) electrons. The van der Waals surface area contributed by atoms with Crippen molar-refractivity contribution in [3.8, 4) is 40.1 Å². The average molecular weight is 502 g/mol. The highest BCUT2D eigenvalue weighted by atomic mass is 32.2. The highest BCUT2D eigenvalue weighted by Crippen LogP contribution is 2.40. The van der Waals surface area contributed by atoms with Gasteiger partial charge in [0.1, 0.15) is 16.4 Å². The highest BCUT2D eigenvalue weighted by molar-refractivity contribution is 8.04. The van der Waals surface area contributed by atoms with E-state index < -0.39 is 5.97 Å². The number of thioether (sulfide) groups is 1. The SMILES string of the molecule is CCn1c(S/C(=C\c2cc(OC)c(OC)c(OC)c2)C(=O)O)nnc1-c1cc(OC)cc(OC)c1. The average Bonchev–Trinajstić information content (AvgIpc) is 3.29. The molecule has 0 aliphatic heterocycles. The van der Waals surface area contributed by atoms with Crippen LogP contribution < -0.4 is 23.7 Å². The van der Waals surface area contributed by atoms with Crippen molar-refractivity contribution in [1.82, 2.24) is 14.8 Å². The van der Waals surface area contributed by atoms with Crippen LogP contribution in [0.3, 0.4) is 0 Å². The number of aliphatic carboxylic acids is 1. The van der Waals surface area contributed by atoms with Crippen molar-refractivity contribution < 1.29 is 33.6 Å². The number of hydrogen-bond acceptors (Lipinski definition) is 9. The van der Waals surface area contributed by atoms with E-state index in [4.69, 9.17) is 23.7 Å². The van der Waals surface area contributed by atoms with Crippen LogP contribution >= 0.6 is 11.8 Å². The summed E-state index contributed by atoms with van der Waals surface area (Å²) < 4.78 is 28.6. The Balaban J connectivity index is 2.03. The first-order chi connectivity index (χ1) is 16.9. The van der Waals surface area contributed by atoms with E-state index in [1.165, 1.54) is 27.4 Å². The molecule has 0 unspecified atom stereocenters. The molecule has 0 aliphatic carbocycles. The smallest absolute Gasteiger partial charge is 0.342 e. The minimum absolute atomic E-state index is 0.0381. The molecule has 0 aliphatic rings. The quantitative estimate of drug-likeness (QED) is 0.302. The minimum Gasteiger partial charge on any atom is -0.497 e. The predicted octanol–water partition coefficient (Wildman–Crippen LogP) is 4.23. The largest absolute Gasteiger partial charge is 0.497 e. The normalized spacial score (nSPS) is 11.2. The van der Waals surface area contributed by atoms with Crippen molar-refractivity contribution in [1.29, 1.82) is 0 Å². The summed E-state index contributed by atoms with van der Waals surface area (Å²) >= 11 is 0.991. The molecule has 35 heavy (non-hydrogen) atoms. The van der Waals surface area contributed by atoms with Gasteiger partial charge in [0.25, 0.3) is 0 Å². The molecule has 3 rings (SSSR count). The van der Waals surface area contributed by atoms with E-state index in [-0.39, 0.29) is 4.91 Å². The molecule has 0 atom stereocenters. The van der Waals surface area contributed by atoms with Gasteiger partial charge in [-0.25, -0.2) is 4.79 Å².